The van der Waals surface area contributed by atoms with Gasteiger partial charge in [-0.15, -0.1) is 0 Å². The summed E-state index contributed by atoms with van der Waals surface area (Å²) in [6, 6.07) is 23.2. The molecule has 1 atom stereocenters. The van der Waals surface area contributed by atoms with Gasteiger partial charge in [-0.3, -0.25) is 4.79 Å². The lowest BCUT2D eigenvalue weighted by Gasteiger charge is -2.37. The molecule has 0 spiro atoms. The maximum Gasteiger partial charge on any atom is 0.223 e. The van der Waals surface area contributed by atoms with Crippen LogP contribution in [0.4, 0.5) is 5.69 Å². The van der Waals surface area contributed by atoms with Crippen molar-refractivity contribution >= 4 is 22.5 Å². The summed E-state index contributed by atoms with van der Waals surface area (Å²) in [5, 5.41) is 1.22. The molecule has 2 heterocycles. The number of benzene rings is 3. The van der Waals surface area contributed by atoms with E-state index in [1.165, 1.54) is 33.2 Å². The average molecular weight is 482 g/mol. The lowest BCUT2D eigenvalue weighted by Crippen LogP contribution is -2.49. The second-order valence-corrected chi connectivity index (χ2v) is 9.64. The molecule has 1 fully saturated rings. The van der Waals surface area contributed by atoms with Crippen LogP contribution < -0.4 is 9.64 Å². The third-order valence-electron chi connectivity index (χ3n) is 7.51. The number of methoxy groups -OCH3 is 1. The number of hydrogen-bond acceptors (Lipinski definition) is 3. The Bertz CT molecular complexity index is 1330. The van der Waals surface area contributed by atoms with Crippen LogP contribution in [0, 0.1) is 6.92 Å². The number of hydrogen-bond donors (Lipinski definition) is 1. The molecule has 1 unspecified atom stereocenters. The van der Waals surface area contributed by atoms with Crippen LogP contribution in [0.5, 0.6) is 5.75 Å². The maximum atomic E-state index is 13.6. The Morgan fingerprint density at radius 3 is 2.44 bits per heavy atom. The monoisotopic (exact) mass is 481 g/mol. The molecule has 0 bridgehead atoms. The number of piperazine rings is 1. The fourth-order valence-corrected chi connectivity index (χ4v) is 5.42. The number of ether oxygens (including phenoxy) is 1. The SMILES string of the molecule is CCc1cccc2c(C(CC(=O)N3CCN(c4ccccc4OC)CC3)c3ccc(C)cc3)c[nH]c12. The van der Waals surface area contributed by atoms with Crippen LogP contribution in [0.15, 0.2) is 72.9 Å². The Balaban J connectivity index is 1.37. The van der Waals surface area contributed by atoms with Crippen LogP contribution >= 0.6 is 0 Å². The molecule has 0 saturated carbocycles. The first-order valence-electron chi connectivity index (χ1n) is 12.9. The van der Waals surface area contributed by atoms with Crippen LogP contribution in [0.25, 0.3) is 10.9 Å². The number of aromatic nitrogens is 1. The molecule has 0 aliphatic carbocycles. The second-order valence-electron chi connectivity index (χ2n) is 9.64. The van der Waals surface area contributed by atoms with Gasteiger partial charge in [-0.25, -0.2) is 0 Å². The number of amides is 1. The average Bonchev–Trinajstić information content (AvgIpc) is 3.36. The highest BCUT2D eigenvalue weighted by Gasteiger charge is 2.27. The minimum atomic E-state index is 0.00574. The highest BCUT2D eigenvalue weighted by Crippen LogP contribution is 2.35. The Hall–Kier alpha value is -3.73. The van der Waals surface area contributed by atoms with E-state index in [0.717, 1.165) is 30.9 Å². The van der Waals surface area contributed by atoms with E-state index in [2.05, 4.69) is 78.5 Å². The summed E-state index contributed by atoms with van der Waals surface area (Å²) in [7, 11) is 1.71. The number of nitrogens with one attached hydrogen (secondary N) is 1. The molecule has 1 aliphatic heterocycles. The first kappa shape index (κ1) is 24.0. The van der Waals surface area contributed by atoms with E-state index in [4.69, 9.17) is 4.74 Å². The Labute approximate surface area is 213 Å². The highest BCUT2D eigenvalue weighted by molar-refractivity contribution is 5.88. The molecule has 36 heavy (non-hydrogen) atoms. The predicted octanol–water partition coefficient (Wildman–Crippen LogP) is 5.92. The molecule has 5 heteroatoms. The largest absolute Gasteiger partial charge is 0.495 e. The summed E-state index contributed by atoms with van der Waals surface area (Å²) in [5.41, 5.74) is 7.19. The fourth-order valence-electron chi connectivity index (χ4n) is 5.42. The van der Waals surface area contributed by atoms with Crippen molar-refractivity contribution in [2.24, 2.45) is 0 Å². The lowest BCUT2D eigenvalue weighted by molar-refractivity contribution is -0.131. The summed E-state index contributed by atoms with van der Waals surface area (Å²) >= 11 is 0. The van der Waals surface area contributed by atoms with Gasteiger partial charge >= 0.3 is 0 Å². The smallest absolute Gasteiger partial charge is 0.223 e. The number of carbonyl (C=O) groups is 1. The molecule has 5 nitrogen and oxygen atoms in total. The van der Waals surface area contributed by atoms with Gasteiger partial charge in [0.25, 0.3) is 0 Å². The molecule has 0 radical (unpaired) electrons. The van der Waals surface area contributed by atoms with Gasteiger partial charge in [-0.05, 0) is 42.2 Å². The summed E-state index contributed by atoms with van der Waals surface area (Å²) in [6.07, 6.45) is 3.55. The van der Waals surface area contributed by atoms with Gasteiger partial charge in [0.15, 0.2) is 0 Å². The van der Waals surface area contributed by atoms with E-state index in [1.807, 2.05) is 23.1 Å². The molecule has 4 aromatic rings. The van der Waals surface area contributed by atoms with Crippen molar-refractivity contribution in [3.8, 4) is 5.75 Å². The molecular weight excluding hydrogens is 446 g/mol. The number of carbonyl (C=O) groups excluding carboxylic acids is 1. The van der Waals surface area contributed by atoms with Crippen LogP contribution in [0.3, 0.4) is 0 Å². The van der Waals surface area contributed by atoms with E-state index in [-0.39, 0.29) is 11.8 Å². The zero-order valence-electron chi connectivity index (χ0n) is 21.5. The zero-order valence-corrected chi connectivity index (χ0v) is 21.5. The van der Waals surface area contributed by atoms with Crippen molar-refractivity contribution in [2.75, 3.05) is 38.2 Å². The predicted molar refractivity (Wildman–Crippen MR) is 147 cm³/mol. The van der Waals surface area contributed by atoms with Gasteiger partial charge in [-0.2, -0.15) is 0 Å². The van der Waals surface area contributed by atoms with Crippen molar-refractivity contribution in [2.45, 2.75) is 32.6 Å². The summed E-state index contributed by atoms with van der Waals surface area (Å²) in [5.74, 6) is 1.09. The van der Waals surface area contributed by atoms with Gasteiger partial charge in [0.1, 0.15) is 5.75 Å². The number of anilines is 1. The standard InChI is InChI=1S/C31H35N3O2/c1-4-23-8-7-9-25-27(21-32-31(23)25)26(24-14-12-22(2)13-15-24)20-30(35)34-18-16-33(17-19-34)28-10-5-6-11-29(28)36-3/h5-15,21,26,32H,4,16-20H2,1-3H3. The van der Waals surface area contributed by atoms with Gasteiger partial charge in [-0.1, -0.05) is 67.1 Å². The third-order valence-corrected chi connectivity index (χ3v) is 7.51. The van der Waals surface area contributed by atoms with Crippen LogP contribution in [0.2, 0.25) is 0 Å². The second kappa shape index (κ2) is 10.5. The number of rotatable bonds is 7. The molecule has 1 saturated heterocycles. The lowest BCUT2D eigenvalue weighted by atomic mass is 9.87. The molecule has 1 N–H and O–H groups in total. The molecule has 1 aromatic heterocycles. The van der Waals surface area contributed by atoms with Crippen molar-refractivity contribution < 1.29 is 9.53 Å². The van der Waals surface area contributed by atoms with E-state index in [0.29, 0.717) is 19.5 Å². The number of fused-ring (bicyclic) bond motifs is 1. The number of aryl methyl sites for hydroxylation is 2. The Morgan fingerprint density at radius 2 is 1.72 bits per heavy atom. The third kappa shape index (κ3) is 4.70. The normalized spacial score (nSPS) is 14.8. The first-order valence-corrected chi connectivity index (χ1v) is 12.9. The van der Waals surface area contributed by atoms with Crippen molar-refractivity contribution in [1.82, 2.24) is 9.88 Å². The van der Waals surface area contributed by atoms with Crippen LogP contribution in [-0.2, 0) is 11.2 Å². The van der Waals surface area contributed by atoms with Crippen LogP contribution in [0.1, 0.15) is 41.5 Å². The number of para-hydroxylation sites is 3. The van der Waals surface area contributed by atoms with Crippen molar-refractivity contribution in [3.05, 3.63) is 95.2 Å². The van der Waals surface area contributed by atoms with E-state index in [1.54, 1.807) is 7.11 Å². The Kier molecular flexibility index (Phi) is 6.99. The topological polar surface area (TPSA) is 48.6 Å². The molecule has 5 rings (SSSR count). The van der Waals surface area contributed by atoms with E-state index < -0.39 is 0 Å². The highest BCUT2D eigenvalue weighted by atomic mass is 16.5. The maximum absolute atomic E-state index is 13.6. The van der Waals surface area contributed by atoms with Gasteiger partial charge in [0.2, 0.25) is 5.91 Å². The van der Waals surface area contributed by atoms with E-state index in [9.17, 15) is 4.79 Å². The zero-order chi connectivity index (χ0) is 25.1. The molecule has 1 aliphatic rings. The summed E-state index contributed by atoms with van der Waals surface area (Å²) < 4.78 is 5.55. The first-order chi connectivity index (χ1) is 17.6. The summed E-state index contributed by atoms with van der Waals surface area (Å²) in [6.45, 7) is 7.31. The van der Waals surface area contributed by atoms with Gasteiger partial charge in [0, 0.05) is 55.6 Å². The number of nitrogens with zero attached hydrogens (tertiary/aromatic N) is 2. The summed E-state index contributed by atoms with van der Waals surface area (Å²) in [4.78, 5) is 21.5. The van der Waals surface area contributed by atoms with Gasteiger partial charge in [0.05, 0.1) is 12.8 Å². The number of H-pyrrole nitrogens is 1. The quantitative estimate of drug-likeness (QED) is 0.357. The number of aromatic amines is 1. The molecule has 186 valence electrons. The Morgan fingerprint density at radius 1 is 0.972 bits per heavy atom. The van der Waals surface area contributed by atoms with Crippen molar-refractivity contribution in [3.63, 3.8) is 0 Å². The van der Waals surface area contributed by atoms with Gasteiger partial charge < -0.3 is 19.5 Å². The molecule has 1 amide bonds. The molecular formula is C31H35N3O2. The van der Waals surface area contributed by atoms with E-state index >= 15 is 0 Å². The van der Waals surface area contributed by atoms with Crippen molar-refractivity contribution in [1.29, 1.82) is 0 Å². The minimum Gasteiger partial charge on any atom is -0.495 e. The fraction of sp³-hybridized carbons (Fsp3) is 0.323. The molecule has 3 aromatic carbocycles. The minimum absolute atomic E-state index is 0.00574. The van der Waals surface area contributed by atoms with Crippen LogP contribution in [-0.4, -0.2) is 49.1 Å².